The Kier molecular flexibility index (Phi) is 2.12. The fraction of sp³-hybridized carbons (Fsp3) is 0.0625. The van der Waals surface area contributed by atoms with Gasteiger partial charge in [-0.15, -0.1) is 0 Å². The van der Waals surface area contributed by atoms with Gasteiger partial charge in [-0.1, -0.05) is 48.0 Å². The number of H-pyrrole nitrogens is 1. The molecular formula is C16H11ClN2. The summed E-state index contributed by atoms with van der Waals surface area (Å²) in [6.45, 7) is 2.06. The molecule has 4 rings (SSSR count). The first-order valence-corrected chi connectivity index (χ1v) is 6.59. The minimum atomic E-state index is 0.750. The fourth-order valence-electron chi connectivity index (χ4n) is 2.63. The highest BCUT2D eigenvalue weighted by Crippen LogP contribution is 2.34. The third kappa shape index (κ3) is 1.41. The van der Waals surface area contributed by atoms with E-state index < -0.39 is 0 Å². The Morgan fingerprint density at radius 3 is 2.63 bits per heavy atom. The first-order chi connectivity index (χ1) is 9.25. The maximum absolute atomic E-state index is 6.55. The van der Waals surface area contributed by atoms with Gasteiger partial charge in [-0.05, 0) is 18.6 Å². The second kappa shape index (κ2) is 3.72. The van der Waals surface area contributed by atoms with Crippen molar-refractivity contribution in [2.24, 2.45) is 0 Å². The quantitative estimate of drug-likeness (QED) is 0.485. The number of benzene rings is 2. The zero-order chi connectivity index (χ0) is 13.0. The fourth-order valence-corrected chi connectivity index (χ4v) is 2.92. The summed E-state index contributed by atoms with van der Waals surface area (Å²) in [5.41, 5.74) is 5.06. The van der Waals surface area contributed by atoms with Crippen LogP contribution >= 0.6 is 11.6 Å². The molecule has 0 aliphatic carbocycles. The highest BCUT2D eigenvalue weighted by molar-refractivity contribution is 6.40. The zero-order valence-corrected chi connectivity index (χ0v) is 11.1. The number of fused-ring (bicyclic) bond motifs is 4. The molecule has 0 unspecified atom stereocenters. The van der Waals surface area contributed by atoms with Crippen molar-refractivity contribution in [2.75, 3.05) is 0 Å². The Labute approximate surface area is 115 Å². The van der Waals surface area contributed by atoms with Gasteiger partial charge in [0.05, 0.1) is 21.6 Å². The van der Waals surface area contributed by atoms with E-state index in [9.17, 15) is 0 Å². The van der Waals surface area contributed by atoms with Gasteiger partial charge in [0.25, 0.3) is 0 Å². The highest BCUT2D eigenvalue weighted by Gasteiger charge is 2.13. The van der Waals surface area contributed by atoms with Crippen LogP contribution < -0.4 is 0 Å². The van der Waals surface area contributed by atoms with Crippen LogP contribution in [0.25, 0.3) is 32.8 Å². The van der Waals surface area contributed by atoms with Crippen molar-refractivity contribution in [1.82, 2.24) is 9.97 Å². The van der Waals surface area contributed by atoms with E-state index in [1.807, 2.05) is 30.3 Å². The van der Waals surface area contributed by atoms with Crippen LogP contribution in [0.15, 0.2) is 42.5 Å². The van der Waals surface area contributed by atoms with Gasteiger partial charge in [0.1, 0.15) is 0 Å². The van der Waals surface area contributed by atoms with Crippen LogP contribution in [0.2, 0.25) is 5.02 Å². The third-order valence-electron chi connectivity index (χ3n) is 3.60. The molecule has 2 nitrogen and oxygen atoms in total. The number of aryl methyl sites for hydroxylation is 1. The lowest BCUT2D eigenvalue weighted by Crippen LogP contribution is -1.86. The molecule has 0 amide bonds. The van der Waals surface area contributed by atoms with Gasteiger partial charge in [0.2, 0.25) is 0 Å². The number of aromatic amines is 1. The van der Waals surface area contributed by atoms with Crippen LogP contribution in [0.5, 0.6) is 0 Å². The summed E-state index contributed by atoms with van der Waals surface area (Å²) in [4.78, 5) is 8.17. The molecule has 0 saturated carbocycles. The van der Waals surface area contributed by atoms with Crippen molar-refractivity contribution < 1.29 is 0 Å². The smallest absolute Gasteiger partial charge is 0.0980 e. The van der Waals surface area contributed by atoms with E-state index in [2.05, 4.69) is 24.0 Å². The van der Waals surface area contributed by atoms with Gasteiger partial charge in [-0.25, -0.2) is 4.98 Å². The molecule has 3 heteroatoms. The molecule has 92 valence electrons. The van der Waals surface area contributed by atoms with Gasteiger partial charge in [-0.2, -0.15) is 0 Å². The van der Waals surface area contributed by atoms with Gasteiger partial charge < -0.3 is 4.98 Å². The number of nitrogens with one attached hydrogen (secondary N) is 1. The van der Waals surface area contributed by atoms with Crippen molar-refractivity contribution in [1.29, 1.82) is 0 Å². The number of halogens is 1. The molecular weight excluding hydrogens is 256 g/mol. The van der Waals surface area contributed by atoms with E-state index in [-0.39, 0.29) is 0 Å². The summed E-state index contributed by atoms with van der Waals surface area (Å²) in [5, 5.41) is 2.87. The molecule has 2 aromatic carbocycles. The monoisotopic (exact) mass is 266 g/mol. The minimum absolute atomic E-state index is 0.750. The van der Waals surface area contributed by atoms with Crippen LogP contribution in [0.4, 0.5) is 0 Å². The van der Waals surface area contributed by atoms with E-state index in [4.69, 9.17) is 16.6 Å². The first kappa shape index (κ1) is 10.8. The van der Waals surface area contributed by atoms with Gasteiger partial charge in [0, 0.05) is 16.3 Å². The third-order valence-corrected chi connectivity index (χ3v) is 3.99. The van der Waals surface area contributed by atoms with Gasteiger partial charge in [-0.3, -0.25) is 0 Å². The number of rotatable bonds is 0. The molecule has 2 heterocycles. The highest BCUT2D eigenvalue weighted by atomic mass is 35.5. The molecule has 0 fully saturated rings. The zero-order valence-electron chi connectivity index (χ0n) is 10.4. The van der Waals surface area contributed by atoms with Crippen molar-refractivity contribution >= 4 is 44.4 Å². The van der Waals surface area contributed by atoms with Crippen molar-refractivity contribution in [2.45, 2.75) is 6.92 Å². The van der Waals surface area contributed by atoms with E-state index in [0.29, 0.717) is 0 Å². The van der Waals surface area contributed by atoms with Crippen LogP contribution in [0.3, 0.4) is 0 Å². The van der Waals surface area contributed by atoms with E-state index in [1.54, 1.807) is 0 Å². The summed E-state index contributed by atoms with van der Waals surface area (Å²) in [6.07, 6.45) is 0. The van der Waals surface area contributed by atoms with Gasteiger partial charge >= 0.3 is 0 Å². The van der Waals surface area contributed by atoms with Crippen LogP contribution in [0, 0.1) is 6.92 Å². The number of nitrogens with zero attached hydrogens (tertiary/aromatic N) is 1. The molecule has 0 radical (unpaired) electrons. The maximum atomic E-state index is 6.55. The Hall–Kier alpha value is -2.06. The second-order valence-electron chi connectivity index (χ2n) is 4.79. The molecule has 0 atom stereocenters. The minimum Gasteiger partial charge on any atom is -0.352 e. The molecule has 0 bridgehead atoms. The lowest BCUT2D eigenvalue weighted by atomic mass is 10.1. The second-order valence-corrected chi connectivity index (χ2v) is 5.17. The molecule has 19 heavy (non-hydrogen) atoms. The average molecular weight is 267 g/mol. The average Bonchev–Trinajstić information content (AvgIpc) is 2.80. The largest absolute Gasteiger partial charge is 0.352 e. The molecule has 0 saturated heterocycles. The van der Waals surface area contributed by atoms with E-state index >= 15 is 0 Å². The van der Waals surface area contributed by atoms with Crippen molar-refractivity contribution in [3.63, 3.8) is 0 Å². The number of aromatic nitrogens is 2. The molecule has 1 N–H and O–H groups in total. The predicted molar refractivity (Wildman–Crippen MR) is 80.9 cm³/mol. The SMILES string of the molecule is Cc1cccc2c(Cl)c3[nH]c4ccccc4c3nc12. The molecule has 0 aliphatic heterocycles. The first-order valence-electron chi connectivity index (χ1n) is 6.21. The summed E-state index contributed by atoms with van der Waals surface area (Å²) in [6, 6.07) is 14.2. The number of pyridine rings is 1. The lowest BCUT2D eigenvalue weighted by Gasteiger charge is -2.04. The number of para-hydroxylation sites is 2. The van der Waals surface area contributed by atoms with Crippen LogP contribution in [0.1, 0.15) is 5.56 Å². The Morgan fingerprint density at radius 2 is 1.74 bits per heavy atom. The molecule has 0 spiro atoms. The molecule has 0 aliphatic rings. The summed E-state index contributed by atoms with van der Waals surface area (Å²) in [5.74, 6) is 0. The molecule has 4 aromatic rings. The summed E-state index contributed by atoms with van der Waals surface area (Å²) < 4.78 is 0. The maximum Gasteiger partial charge on any atom is 0.0980 e. The standard InChI is InChI=1S/C16H11ClN2/c1-9-5-4-7-11-13(17)16-15(19-14(9)11)10-6-2-3-8-12(10)18-16/h2-8,18H,1H3. The number of hydrogen-bond acceptors (Lipinski definition) is 1. The Bertz CT molecular complexity index is 938. The van der Waals surface area contributed by atoms with Crippen LogP contribution in [-0.2, 0) is 0 Å². The van der Waals surface area contributed by atoms with E-state index in [0.717, 1.165) is 43.4 Å². The summed E-state index contributed by atoms with van der Waals surface area (Å²) in [7, 11) is 0. The molecule has 2 aromatic heterocycles. The normalized spacial score (nSPS) is 11.7. The Morgan fingerprint density at radius 1 is 0.947 bits per heavy atom. The van der Waals surface area contributed by atoms with Crippen molar-refractivity contribution in [3.05, 3.63) is 53.1 Å². The van der Waals surface area contributed by atoms with Gasteiger partial charge in [0.15, 0.2) is 0 Å². The summed E-state index contributed by atoms with van der Waals surface area (Å²) >= 11 is 6.55. The number of hydrogen-bond donors (Lipinski definition) is 1. The van der Waals surface area contributed by atoms with Crippen molar-refractivity contribution in [3.8, 4) is 0 Å². The Balaban J connectivity index is 2.34. The van der Waals surface area contributed by atoms with E-state index in [1.165, 1.54) is 0 Å². The lowest BCUT2D eigenvalue weighted by molar-refractivity contribution is 1.43. The van der Waals surface area contributed by atoms with Crippen LogP contribution in [-0.4, -0.2) is 9.97 Å². The topological polar surface area (TPSA) is 28.7 Å². The predicted octanol–water partition coefficient (Wildman–Crippen LogP) is 4.83.